The van der Waals surface area contributed by atoms with Gasteiger partial charge in [0, 0.05) is 12.5 Å². The fourth-order valence-electron chi connectivity index (χ4n) is 6.39. The Bertz CT molecular complexity index is 1080. The zero-order valence-electron chi connectivity index (χ0n) is 18.5. The summed E-state index contributed by atoms with van der Waals surface area (Å²) in [5.41, 5.74) is 0.212. The molecule has 0 unspecified atom stereocenters. The van der Waals surface area contributed by atoms with E-state index in [4.69, 9.17) is 18.9 Å². The number of hydrogen-bond acceptors (Lipinski definition) is 8. The molecule has 9 nitrogen and oxygen atoms in total. The summed E-state index contributed by atoms with van der Waals surface area (Å²) in [5.74, 6) is -1.69. The number of carbonyl (C=O) groups is 3. The molecule has 0 amide bonds. The molecule has 2 N–H and O–H groups in total. The Morgan fingerprint density at radius 3 is 2.79 bits per heavy atom. The van der Waals surface area contributed by atoms with Crippen molar-refractivity contribution in [3.63, 3.8) is 0 Å². The van der Waals surface area contributed by atoms with E-state index in [1.54, 1.807) is 13.2 Å². The summed E-state index contributed by atoms with van der Waals surface area (Å²) in [6.07, 6.45) is 2.15. The number of benzene rings is 1. The van der Waals surface area contributed by atoms with Gasteiger partial charge in [-0.25, -0.2) is 4.79 Å². The molecule has 33 heavy (non-hydrogen) atoms. The molecule has 1 aliphatic heterocycles. The minimum Gasteiger partial charge on any atom is -0.493 e. The van der Waals surface area contributed by atoms with Crippen LogP contribution in [0.5, 0.6) is 11.5 Å². The molecule has 1 saturated carbocycles. The molecule has 1 aromatic carbocycles. The number of rotatable bonds is 6. The van der Waals surface area contributed by atoms with Gasteiger partial charge in [0.1, 0.15) is 5.76 Å². The van der Waals surface area contributed by atoms with Crippen LogP contribution in [-0.4, -0.2) is 53.0 Å². The van der Waals surface area contributed by atoms with Crippen molar-refractivity contribution in [2.75, 3.05) is 7.11 Å². The molecule has 4 aliphatic rings. The predicted molar refractivity (Wildman–Crippen MR) is 112 cm³/mol. The SMILES string of the molecule is COc1ccc2c3c1O[C@@H]1C(OC(=O)C[C@H](OC(C)=O)C(=O)O)=CC[C@]4(O)[C@@H](CCC[C@@]314)C2. The average Bonchev–Trinajstić information content (AvgIpc) is 3.09. The molecule has 3 aliphatic carbocycles. The molecule has 0 aromatic heterocycles. The largest absolute Gasteiger partial charge is 0.493 e. The summed E-state index contributed by atoms with van der Waals surface area (Å²) in [6, 6.07) is 3.87. The van der Waals surface area contributed by atoms with Gasteiger partial charge in [-0.05, 0) is 49.3 Å². The van der Waals surface area contributed by atoms with E-state index in [-0.39, 0.29) is 11.7 Å². The van der Waals surface area contributed by atoms with Crippen molar-refractivity contribution in [3.05, 3.63) is 35.1 Å². The number of carbonyl (C=O) groups excluding carboxylic acids is 2. The van der Waals surface area contributed by atoms with E-state index in [0.717, 1.165) is 37.3 Å². The van der Waals surface area contributed by atoms with Crippen molar-refractivity contribution >= 4 is 17.9 Å². The van der Waals surface area contributed by atoms with E-state index in [2.05, 4.69) is 0 Å². The summed E-state index contributed by atoms with van der Waals surface area (Å²) in [7, 11) is 1.55. The quantitative estimate of drug-likeness (QED) is 0.615. The second-order valence-corrected chi connectivity index (χ2v) is 9.24. The van der Waals surface area contributed by atoms with E-state index in [1.165, 1.54) is 0 Å². The zero-order chi connectivity index (χ0) is 23.5. The summed E-state index contributed by atoms with van der Waals surface area (Å²) < 4.78 is 22.2. The van der Waals surface area contributed by atoms with E-state index < -0.39 is 47.6 Å². The second kappa shape index (κ2) is 7.48. The third kappa shape index (κ3) is 2.98. The Kier molecular flexibility index (Phi) is 4.93. The van der Waals surface area contributed by atoms with Gasteiger partial charge in [-0.15, -0.1) is 0 Å². The minimum absolute atomic E-state index is 0.0538. The normalized spacial score (nSPS) is 31.4. The number of hydrogen-bond donors (Lipinski definition) is 2. The van der Waals surface area contributed by atoms with Crippen molar-refractivity contribution in [2.45, 2.75) is 68.7 Å². The van der Waals surface area contributed by atoms with E-state index >= 15 is 0 Å². The Labute approximate surface area is 190 Å². The molecular formula is C24H26O9. The fourth-order valence-corrected chi connectivity index (χ4v) is 6.39. The monoisotopic (exact) mass is 458 g/mol. The lowest BCUT2D eigenvalue weighted by Gasteiger charge is -2.59. The van der Waals surface area contributed by atoms with Crippen LogP contribution in [-0.2, 0) is 35.7 Å². The fraction of sp³-hybridized carbons (Fsp3) is 0.542. The zero-order valence-corrected chi connectivity index (χ0v) is 18.5. The summed E-state index contributed by atoms with van der Waals surface area (Å²) in [4.78, 5) is 35.2. The first-order valence-corrected chi connectivity index (χ1v) is 11.1. The number of carboxylic acid groups (broad SMARTS) is 1. The molecule has 5 rings (SSSR count). The van der Waals surface area contributed by atoms with E-state index in [1.807, 2.05) is 12.1 Å². The summed E-state index contributed by atoms with van der Waals surface area (Å²) in [5, 5.41) is 21.3. The van der Waals surface area contributed by atoms with Crippen LogP contribution in [0.25, 0.3) is 0 Å². The van der Waals surface area contributed by atoms with Gasteiger partial charge in [-0.2, -0.15) is 0 Å². The number of methoxy groups -OCH3 is 1. The summed E-state index contributed by atoms with van der Waals surface area (Å²) in [6.45, 7) is 1.07. The van der Waals surface area contributed by atoms with Gasteiger partial charge in [0.15, 0.2) is 17.6 Å². The highest BCUT2D eigenvalue weighted by atomic mass is 16.6. The average molecular weight is 458 g/mol. The van der Waals surface area contributed by atoms with E-state index in [0.29, 0.717) is 24.3 Å². The van der Waals surface area contributed by atoms with Gasteiger partial charge in [0.25, 0.3) is 0 Å². The van der Waals surface area contributed by atoms with Gasteiger partial charge in [-0.1, -0.05) is 12.5 Å². The minimum atomic E-state index is -1.64. The van der Waals surface area contributed by atoms with Gasteiger partial charge in [0.05, 0.1) is 24.5 Å². The van der Waals surface area contributed by atoms with Crippen LogP contribution < -0.4 is 9.47 Å². The molecule has 1 spiro atoms. The van der Waals surface area contributed by atoms with E-state index in [9.17, 15) is 24.6 Å². The highest BCUT2D eigenvalue weighted by molar-refractivity contribution is 5.83. The molecule has 2 bridgehead atoms. The van der Waals surface area contributed by atoms with Gasteiger partial charge < -0.3 is 29.2 Å². The highest BCUT2D eigenvalue weighted by Crippen LogP contribution is 2.67. The number of aliphatic hydroxyl groups is 1. The standard InChI is InChI=1S/C24H26O9/c1-12(25)31-17(22(27)28)11-18(26)32-16-7-9-24(29)14-4-3-8-23(24)19-13(10-14)5-6-15(30-2)20(19)33-21(16)23/h5-7,14,17,21,29H,3-4,8-11H2,1-2H3,(H,27,28)/t14-,17-,21+,23+,24-/m0/s1. The molecule has 0 saturated heterocycles. The predicted octanol–water partition coefficient (Wildman–Crippen LogP) is 2.02. The van der Waals surface area contributed by atoms with Crippen LogP contribution in [0, 0.1) is 5.92 Å². The molecule has 176 valence electrons. The molecule has 5 atom stereocenters. The highest BCUT2D eigenvalue weighted by Gasteiger charge is 2.70. The van der Waals surface area contributed by atoms with Crippen molar-refractivity contribution < 1.29 is 43.5 Å². The molecule has 9 heteroatoms. The number of esters is 2. The van der Waals surface area contributed by atoms with Crippen molar-refractivity contribution in [3.8, 4) is 11.5 Å². The third-order valence-corrected chi connectivity index (χ3v) is 7.64. The Balaban J connectivity index is 1.50. The third-order valence-electron chi connectivity index (χ3n) is 7.64. The van der Waals surface area contributed by atoms with Gasteiger partial charge >= 0.3 is 17.9 Å². The molecule has 0 radical (unpaired) electrons. The topological polar surface area (TPSA) is 129 Å². The molecule has 1 fully saturated rings. The molecular weight excluding hydrogens is 432 g/mol. The van der Waals surface area contributed by atoms with Crippen LogP contribution in [0.15, 0.2) is 24.0 Å². The van der Waals surface area contributed by atoms with Crippen LogP contribution in [0.3, 0.4) is 0 Å². The van der Waals surface area contributed by atoms with Crippen LogP contribution in [0.1, 0.15) is 50.2 Å². The van der Waals surface area contributed by atoms with Gasteiger partial charge in [-0.3, -0.25) is 9.59 Å². The maximum absolute atomic E-state index is 12.6. The molecule has 1 aromatic rings. The maximum Gasteiger partial charge on any atom is 0.345 e. The van der Waals surface area contributed by atoms with Crippen LogP contribution in [0.2, 0.25) is 0 Å². The first-order valence-electron chi connectivity index (χ1n) is 11.1. The number of carboxylic acids is 1. The Morgan fingerprint density at radius 2 is 2.09 bits per heavy atom. The Morgan fingerprint density at radius 1 is 1.30 bits per heavy atom. The lowest BCUT2D eigenvalue weighted by atomic mass is 9.47. The van der Waals surface area contributed by atoms with Crippen molar-refractivity contribution in [1.82, 2.24) is 0 Å². The van der Waals surface area contributed by atoms with Crippen molar-refractivity contribution in [2.24, 2.45) is 5.92 Å². The lowest BCUT2D eigenvalue weighted by molar-refractivity contribution is -0.169. The molecule has 1 heterocycles. The van der Waals surface area contributed by atoms with Crippen molar-refractivity contribution in [1.29, 1.82) is 0 Å². The number of aliphatic carboxylic acids is 1. The first-order chi connectivity index (χ1) is 15.7. The maximum atomic E-state index is 12.6. The smallest absolute Gasteiger partial charge is 0.345 e. The summed E-state index contributed by atoms with van der Waals surface area (Å²) >= 11 is 0. The lowest BCUT2D eigenvalue weighted by Crippen LogP contribution is -2.67. The van der Waals surface area contributed by atoms with Crippen LogP contribution in [0.4, 0.5) is 0 Å². The second-order valence-electron chi connectivity index (χ2n) is 9.24. The Hall–Kier alpha value is -3.07. The van der Waals surface area contributed by atoms with Gasteiger partial charge in [0.2, 0.25) is 6.10 Å². The number of ether oxygens (including phenoxy) is 4. The first kappa shape index (κ1) is 21.8. The van der Waals surface area contributed by atoms with Crippen LogP contribution >= 0.6 is 0 Å².